The van der Waals surface area contributed by atoms with Gasteiger partial charge in [0.2, 0.25) is 0 Å². The van der Waals surface area contributed by atoms with Gasteiger partial charge in [-0.2, -0.15) is 0 Å². The first-order valence-corrected chi connectivity index (χ1v) is 6.08. The van der Waals surface area contributed by atoms with Crippen LogP contribution in [0.5, 0.6) is 5.75 Å². The summed E-state index contributed by atoms with van der Waals surface area (Å²) in [7, 11) is 1.51. The van der Waals surface area contributed by atoms with Crippen LogP contribution >= 0.6 is 11.3 Å². The van der Waals surface area contributed by atoms with Crippen LogP contribution in [-0.4, -0.2) is 12.9 Å². The zero-order chi connectivity index (χ0) is 13.1. The Morgan fingerprint density at radius 3 is 2.72 bits per heavy atom. The van der Waals surface area contributed by atoms with Gasteiger partial charge in [0, 0.05) is 23.9 Å². The molecular formula is C13H10F2O2S. The maximum absolute atomic E-state index is 13.4. The minimum absolute atomic E-state index is 0.0875. The van der Waals surface area contributed by atoms with Gasteiger partial charge in [-0.3, -0.25) is 4.79 Å². The van der Waals surface area contributed by atoms with Crippen molar-refractivity contribution in [2.24, 2.45) is 0 Å². The fourth-order valence-electron chi connectivity index (χ4n) is 1.50. The van der Waals surface area contributed by atoms with Crippen LogP contribution in [0.25, 0.3) is 0 Å². The molecule has 2 aromatic rings. The van der Waals surface area contributed by atoms with Crippen LogP contribution in [0, 0.1) is 11.6 Å². The van der Waals surface area contributed by atoms with Crippen molar-refractivity contribution >= 4 is 17.1 Å². The van der Waals surface area contributed by atoms with E-state index in [9.17, 15) is 13.6 Å². The Labute approximate surface area is 107 Å². The Morgan fingerprint density at radius 1 is 1.33 bits per heavy atom. The first kappa shape index (κ1) is 12.7. The van der Waals surface area contributed by atoms with Gasteiger partial charge < -0.3 is 4.74 Å². The highest BCUT2D eigenvalue weighted by molar-refractivity contribution is 7.12. The number of ketones is 1. The van der Waals surface area contributed by atoms with Gasteiger partial charge in [0.25, 0.3) is 0 Å². The lowest BCUT2D eigenvalue weighted by Gasteiger charge is -2.01. The summed E-state index contributed by atoms with van der Waals surface area (Å²) < 4.78 is 31.1. The van der Waals surface area contributed by atoms with E-state index in [1.165, 1.54) is 24.5 Å². The van der Waals surface area contributed by atoms with E-state index in [0.29, 0.717) is 10.6 Å². The second-order valence-corrected chi connectivity index (χ2v) is 4.60. The monoisotopic (exact) mass is 268 g/mol. The summed E-state index contributed by atoms with van der Waals surface area (Å²) in [5, 5.41) is 1.70. The van der Waals surface area contributed by atoms with Gasteiger partial charge >= 0.3 is 0 Å². The van der Waals surface area contributed by atoms with E-state index in [2.05, 4.69) is 0 Å². The quantitative estimate of drug-likeness (QED) is 0.794. The number of carbonyl (C=O) groups excluding carboxylic acids is 1. The third-order valence-electron chi connectivity index (χ3n) is 2.45. The zero-order valence-electron chi connectivity index (χ0n) is 9.57. The molecule has 0 saturated carbocycles. The molecule has 0 aliphatic heterocycles. The van der Waals surface area contributed by atoms with E-state index in [1.54, 1.807) is 11.4 Å². The molecule has 0 unspecified atom stereocenters. The van der Waals surface area contributed by atoms with Gasteiger partial charge in [-0.05, 0) is 11.6 Å². The topological polar surface area (TPSA) is 26.3 Å². The van der Waals surface area contributed by atoms with E-state index >= 15 is 0 Å². The highest BCUT2D eigenvalue weighted by atomic mass is 32.1. The molecule has 0 aliphatic rings. The molecule has 1 aromatic heterocycles. The predicted octanol–water partition coefficient (Wildman–Crippen LogP) is 3.46. The van der Waals surface area contributed by atoms with Crippen molar-refractivity contribution in [2.75, 3.05) is 7.11 Å². The molecule has 94 valence electrons. The van der Waals surface area contributed by atoms with E-state index < -0.39 is 11.6 Å². The van der Waals surface area contributed by atoms with Gasteiger partial charge in [-0.25, -0.2) is 8.78 Å². The van der Waals surface area contributed by atoms with Crippen LogP contribution in [0.2, 0.25) is 0 Å². The normalized spacial score (nSPS) is 10.4. The Bertz CT molecular complexity index is 578. The molecule has 0 N–H and O–H groups in total. The molecule has 18 heavy (non-hydrogen) atoms. The van der Waals surface area contributed by atoms with Crippen LogP contribution in [0.15, 0.2) is 29.6 Å². The van der Waals surface area contributed by atoms with Crippen LogP contribution < -0.4 is 4.74 Å². The maximum atomic E-state index is 13.4. The van der Waals surface area contributed by atoms with Crippen molar-refractivity contribution in [1.29, 1.82) is 0 Å². The Kier molecular flexibility index (Phi) is 3.72. The number of rotatable bonds is 4. The molecule has 2 rings (SSSR count). The fraction of sp³-hybridized carbons (Fsp3) is 0.154. The highest BCUT2D eigenvalue weighted by Crippen LogP contribution is 2.23. The summed E-state index contributed by atoms with van der Waals surface area (Å²) in [5.41, 5.74) is 0.189. The number of methoxy groups -OCH3 is 1. The third kappa shape index (κ3) is 2.73. The number of carbonyl (C=O) groups is 1. The van der Waals surface area contributed by atoms with Gasteiger partial charge in [-0.1, -0.05) is 6.07 Å². The number of Topliss-reactive ketones (excluding diaryl/α,β-unsaturated/α-hetero) is 1. The van der Waals surface area contributed by atoms with Crippen molar-refractivity contribution in [3.63, 3.8) is 0 Å². The van der Waals surface area contributed by atoms with Crippen LogP contribution in [0.3, 0.4) is 0 Å². The number of halogens is 2. The SMILES string of the molecule is COc1csc(C(=O)Cc2ccc(F)cc2F)c1. The molecule has 2 nitrogen and oxygen atoms in total. The molecule has 0 radical (unpaired) electrons. The Morgan fingerprint density at radius 2 is 2.11 bits per heavy atom. The minimum Gasteiger partial charge on any atom is -0.496 e. The number of benzene rings is 1. The summed E-state index contributed by atoms with van der Waals surface area (Å²) >= 11 is 1.24. The third-order valence-corrected chi connectivity index (χ3v) is 3.40. The molecule has 0 spiro atoms. The standard InChI is InChI=1S/C13H10F2O2S/c1-17-10-6-13(18-7-10)12(16)4-8-2-3-9(14)5-11(8)15/h2-3,5-7H,4H2,1H3. The van der Waals surface area contributed by atoms with Crippen molar-refractivity contribution in [2.45, 2.75) is 6.42 Å². The highest BCUT2D eigenvalue weighted by Gasteiger charge is 2.13. The van der Waals surface area contributed by atoms with Crippen molar-refractivity contribution in [3.8, 4) is 5.75 Å². The summed E-state index contributed by atoms with van der Waals surface area (Å²) in [6, 6.07) is 4.81. The first-order valence-electron chi connectivity index (χ1n) is 5.20. The molecule has 1 aromatic carbocycles. The molecular weight excluding hydrogens is 258 g/mol. The summed E-state index contributed by atoms with van der Waals surface area (Å²) in [6.07, 6.45) is -0.0875. The Hall–Kier alpha value is -1.75. The summed E-state index contributed by atoms with van der Waals surface area (Å²) in [5.74, 6) is -0.968. The van der Waals surface area contributed by atoms with E-state index in [0.717, 1.165) is 12.1 Å². The van der Waals surface area contributed by atoms with E-state index in [-0.39, 0.29) is 17.8 Å². The largest absolute Gasteiger partial charge is 0.496 e. The predicted molar refractivity (Wildman–Crippen MR) is 65.3 cm³/mol. The average molecular weight is 268 g/mol. The number of ether oxygens (including phenoxy) is 1. The van der Waals surface area contributed by atoms with Crippen molar-refractivity contribution in [1.82, 2.24) is 0 Å². The van der Waals surface area contributed by atoms with Gasteiger partial charge in [0.15, 0.2) is 5.78 Å². The van der Waals surface area contributed by atoms with Crippen molar-refractivity contribution in [3.05, 3.63) is 51.7 Å². The summed E-state index contributed by atoms with van der Waals surface area (Å²) in [6.45, 7) is 0. The van der Waals surface area contributed by atoms with Gasteiger partial charge in [0.05, 0.1) is 12.0 Å². The van der Waals surface area contributed by atoms with E-state index in [4.69, 9.17) is 4.74 Å². The molecule has 0 fully saturated rings. The number of thiophene rings is 1. The van der Waals surface area contributed by atoms with Gasteiger partial charge in [0.1, 0.15) is 17.4 Å². The maximum Gasteiger partial charge on any atom is 0.177 e. The second-order valence-electron chi connectivity index (χ2n) is 3.69. The molecule has 0 atom stereocenters. The van der Waals surface area contributed by atoms with Crippen LogP contribution in [0.4, 0.5) is 8.78 Å². The molecule has 0 saturated heterocycles. The molecule has 1 heterocycles. The first-order chi connectivity index (χ1) is 8.60. The minimum atomic E-state index is -0.702. The zero-order valence-corrected chi connectivity index (χ0v) is 10.4. The van der Waals surface area contributed by atoms with Crippen LogP contribution in [-0.2, 0) is 6.42 Å². The summed E-state index contributed by atoms with van der Waals surface area (Å²) in [4.78, 5) is 12.4. The van der Waals surface area contributed by atoms with Crippen molar-refractivity contribution < 1.29 is 18.3 Å². The fourth-order valence-corrected chi connectivity index (χ4v) is 2.29. The van der Waals surface area contributed by atoms with E-state index in [1.807, 2.05) is 0 Å². The molecule has 0 bridgehead atoms. The average Bonchev–Trinajstić information content (AvgIpc) is 2.81. The lowest BCUT2D eigenvalue weighted by Crippen LogP contribution is -2.03. The number of hydrogen-bond donors (Lipinski definition) is 0. The lowest BCUT2D eigenvalue weighted by molar-refractivity contribution is 0.0995. The molecule has 0 aliphatic carbocycles. The second kappa shape index (κ2) is 5.27. The molecule has 5 heteroatoms. The lowest BCUT2D eigenvalue weighted by atomic mass is 10.1. The number of hydrogen-bond acceptors (Lipinski definition) is 3. The van der Waals surface area contributed by atoms with Crippen LogP contribution in [0.1, 0.15) is 15.2 Å². The Balaban J connectivity index is 2.16. The molecule has 0 amide bonds. The van der Waals surface area contributed by atoms with Gasteiger partial charge in [-0.15, -0.1) is 11.3 Å². The smallest absolute Gasteiger partial charge is 0.177 e.